The molecule has 0 aromatic heterocycles. The minimum atomic E-state index is -0.284. The molecule has 1 aromatic carbocycles. The summed E-state index contributed by atoms with van der Waals surface area (Å²) in [5, 5.41) is 0.0797. The summed E-state index contributed by atoms with van der Waals surface area (Å²) in [6.45, 7) is 2.62. The van der Waals surface area contributed by atoms with Gasteiger partial charge in [-0.05, 0) is 23.6 Å². The Morgan fingerprint density at radius 1 is 1.53 bits per heavy atom. The van der Waals surface area contributed by atoms with Crippen LogP contribution in [0.3, 0.4) is 0 Å². The van der Waals surface area contributed by atoms with E-state index in [0.29, 0.717) is 25.3 Å². The molecular weight excluding hydrogens is 265 g/mol. The number of thioether (sulfide) groups is 1. The van der Waals surface area contributed by atoms with E-state index in [9.17, 15) is 14.0 Å². The van der Waals surface area contributed by atoms with Gasteiger partial charge in [-0.1, -0.05) is 23.9 Å². The predicted molar refractivity (Wildman–Crippen MR) is 73.1 cm³/mol. The van der Waals surface area contributed by atoms with Gasteiger partial charge in [-0.15, -0.1) is 0 Å². The average molecular weight is 281 g/mol. The lowest BCUT2D eigenvalue weighted by Gasteiger charge is -2.16. The lowest BCUT2D eigenvalue weighted by molar-refractivity contribution is -0.128. The molecule has 1 unspecified atom stereocenters. The van der Waals surface area contributed by atoms with Crippen LogP contribution in [0, 0.1) is 11.7 Å². The molecule has 0 saturated carbocycles. The van der Waals surface area contributed by atoms with Gasteiger partial charge in [0, 0.05) is 32.2 Å². The molecule has 1 amide bonds. The van der Waals surface area contributed by atoms with Gasteiger partial charge in [0.2, 0.25) is 5.91 Å². The molecule has 1 aromatic rings. The first-order valence-electron chi connectivity index (χ1n) is 6.20. The molecule has 19 heavy (non-hydrogen) atoms. The molecule has 1 aliphatic rings. The second-order valence-corrected chi connectivity index (χ2v) is 5.97. The van der Waals surface area contributed by atoms with E-state index >= 15 is 0 Å². The number of carbonyl (C=O) groups is 2. The summed E-state index contributed by atoms with van der Waals surface area (Å²) in [6, 6.07) is 6.30. The Kier molecular flexibility index (Phi) is 4.58. The number of nitrogens with zero attached hydrogens (tertiary/aromatic N) is 1. The molecular formula is C14H16FNO2S. The quantitative estimate of drug-likeness (QED) is 0.850. The van der Waals surface area contributed by atoms with E-state index in [1.165, 1.54) is 30.8 Å². The van der Waals surface area contributed by atoms with Crippen molar-refractivity contribution in [1.29, 1.82) is 0 Å². The van der Waals surface area contributed by atoms with Crippen molar-refractivity contribution < 1.29 is 14.0 Å². The van der Waals surface area contributed by atoms with E-state index in [0.717, 1.165) is 5.56 Å². The summed E-state index contributed by atoms with van der Waals surface area (Å²) in [4.78, 5) is 24.5. The van der Waals surface area contributed by atoms with Gasteiger partial charge in [0.05, 0.1) is 0 Å². The molecule has 1 atom stereocenters. The fraction of sp³-hybridized carbons (Fsp3) is 0.429. The minimum absolute atomic E-state index is 0.0797. The molecule has 0 N–H and O–H groups in total. The Hall–Kier alpha value is -1.36. The van der Waals surface area contributed by atoms with E-state index in [-0.39, 0.29) is 22.8 Å². The number of likely N-dealkylation sites (tertiary alicyclic amines) is 1. The average Bonchev–Trinajstić information content (AvgIpc) is 2.68. The maximum absolute atomic E-state index is 13.1. The van der Waals surface area contributed by atoms with Crippen molar-refractivity contribution in [3.8, 4) is 0 Å². The molecule has 1 saturated heterocycles. The van der Waals surface area contributed by atoms with Crippen LogP contribution in [0.1, 0.15) is 18.9 Å². The summed E-state index contributed by atoms with van der Waals surface area (Å²) < 4.78 is 13.1. The minimum Gasteiger partial charge on any atom is -0.338 e. The van der Waals surface area contributed by atoms with E-state index < -0.39 is 0 Å². The van der Waals surface area contributed by atoms with Gasteiger partial charge in [-0.2, -0.15) is 0 Å². The van der Waals surface area contributed by atoms with Gasteiger partial charge in [-0.25, -0.2) is 4.39 Å². The number of hydrogen-bond acceptors (Lipinski definition) is 3. The lowest BCUT2D eigenvalue weighted by Crippen LogP contribution is -2.24. The number of benzene rings is 1. The second kappa shape index (κ2) is 6.19. The van der Waals surface area contributed by atoms with Crippen LogP contribution in [-0.2, 0) is 16.1 Å². The molecule has 1 aliphatic heterocycles. The zero-order valence-corrected chi connectivity index (χ0v) is 11.6. The fourth-order valence-corrected chi connectivity index (χ4v) is 2.90. The fourth-order valence-electron chi connectivity index (χ4n) is 2.21. The third kappa shape index (κ3) is 4.06. The van der Waals surface area contributed by atoms with Crippen molar-refractivity contribution in [3.63, 3.8) is 0 Å². The van der Waals surface area contributed by atoms with Crippen molar-refractivity contribution in [3.05, 3.63) is 35.6 Å². The van der Waals surface area contributed by atoms with Gasteiger partial charge in [0.25, 0.3) is 0 Å². The molecule has 0 bridgehead atoms. The smallest absolute Gasteiger partial charge is 0.223 e. The van der Waals surface area contributed by atoms with Crippen molar-refractivity contribution in [2.24, 2.45) is 5.92 Å². The second-order valence-electron chi connectivity index (χ2n) is 4.78. The van der Waals surface area contributed by atoms with Gasteiger partial charge >= 0.3 is 0 Å². The highest BCUT2D eigenvalue weighted by Crippen LogP contribution is 2.23. The first-order chi connectivity index (χ1) is 9.04. The summed E-state index contributed by atoms with van der Waals surface area (Å²) in [5.41, 5.74) is 0.799. The van der Waals surface area contributed by atoms with Crippen LogP contribution in [0.4, 0.5) is 4.39 Å². The Bertz CT molecular complexity index is 492. The molecule has 0 radical (unpaired) electrons. The first kappa shape index (κ1) is 14.1. The Balaban J connectivity index is 1.91. The predicted octanol–water partition coefficient (Wildman–Crippen LogP) is 2.45. The Morgan fingerprint density at radius 2 is 2.32 bits per heavy atom. The highest BCUT2D eigenvalue weighted by Gasteiger charge is 2.29. The number of halogens is 1. The van der Waals surface area contributed by atoms with E-state index in [4.69, 9.17) is 0 Å². The van der Waals surface area contributed by atoms with Gasteiger partial charge < -0.3 is 4.90 Å². The molecule has 3 nitrogen and oxygen atoms in total. The number of hydrogen-bond donors (Lipinski definition) is 0. The summed E-state index contributed by atoms with van der Waals surface area (Å²) >= 11 is 1.26. The molecule has 1 fully saturated rings. The summed E-state index contributed by atoms with van der Waals surface area (Å²) in [5.74, 6) is 0.696. The zero-order chi connectivity index (χ0) is 13.8. The molecule has 1 heterocycles. The van der Waals surface area contributed by atoms with Gasteiger partial charge in [-0.3, -0.25) is 9.59 Å². The third-order valence-electron chi connectivity index (χ3n) is 3.08. The summed E-state index contributed by atoms with van der Waals surface area (Å²) in [7, 11) is 0. The number of rotatable bonds is 4. The van der Waals surface area contributed by atoms with Crippen molar-refractivity contribution in [2.45, 2.75) is 19.9 Å². The normalized spacial score (nSPS) is 18.9. The largest absolute Gasteiger partial charge is 0.338 e. The van der Waals surface area contributed by atoms with Crippen molar-refractivity contribution in [2.75, 3.05) is 12.3 Å². The topological polar surface area (TPSA) is 37.4 Å². The lowest BCUT2D eigenvalue weighted by atomic mass is 10.1. The molecule has 0 spiro atoms. The number of amides is 1. The monoisotopic (exact) mass is 281 g/mol. The van der Waals surface area contributed by atoms with Crippen molar-refractivity contribution >= 4 is 22.8 Å². The van der Waals surface area contributed by atoms with E-state index in [2.05, 4.69) is 0 Å². The summed E-state index contributed by atoms with van der Waals surface area (Å²) in [6.07, 6.45) is 0.482. The van der Waals surface area contributed by atoms with Crippen LogP contribution < -0.4 is 0 Å². The van der Waals surface area contributed by atoms with E-state index in [1.54, 1.807) is 11.0 Å². The van der Waals surface area contributed by atoms with Gasteiger partial charge in [0.1, 0.15) is 5.82 Å². The molecule has 2 rings (SSSR count). The molecule has 5 heteroatoms. The first-order valence-corrected chi connectivity index (χ1v) is 7.18. The maximum atomic E-state index is 13.1. The van der Waals surface area contributed by atoms with Crippen LogP contribution in [0.25, 0.3) is 0 Å². The Labute approximate surface area is 116 Å². The highest BCUT2D eigenvalue weighted by atomic mass is 32.2. The molecule has 102 valence electrons. The van der Waals surface area contributed by atoms with Crippen LogP contribution in [0.2, 0.25) is 0 Å². The zero-order valence-electron chi connectivity index (χ0n) is 10.8. The third-order valence-corrected chi connectivity index (χ3v) is 4.12. The van der Waals surface area contributed by atoms with Gasteiger partial charge in [0.15, 0.2) is 5.12 Å². The standard InChI is InChI=1S/C14H16FNO2S/c1-10(17)19-9-12-6-14(18)16(8-12)7-11-3-2-4-13(15)5-11/h2-5,12H,6-9H2,1H3. The highest BCUT2D eigenvalue weighted by molar-refractivity contribution is 8.13. The number of carbonyl (C=O) groups excluding carboxylic acids is 2. The Morgan fingerprint density at radius 3 is 3.00 bits per heavy atom. The van der Waals surface area contributed by atoms with Crippen LogP contribution in [-0.4, -0.2) is 28.2 Å². The van der Waals surface area contributed by atoms with E-state index in [1.807, 2.05) is 6.07 Å². The van der Waals surface area contributed by atoms with Crippen molar-refractivity contribution in [1.82, 2.24) is 4.90 Å². The van der Waals surface area contributed by atoms with Crippen LogP contribution in [0.5, 0.6) is 0 Å². The van der Waals surface area contributed by atoms with Crippen LogP contribution >= 0.6 is 11.8 Å². The van der Waals surface area contributed by atoms with Crippen LogP contribution in [0.15, 0.2) is 24.3 Å². The SMILES string of the molecule is CC(=O)SCC1CC(=O)N(Cc2cccc(F)c2)C1. The maximum Gasteiger partial charge on any atom is 0.223 e. The molecule has 0 aliphatic carbocycles.